The normalized spacial score (nSPS) is 16.1. The van der Waals surface area contributed by atoms with E-state index in [1.165, 1.54) is 33.4 Å². The van der Waals surface area contributed by atoms with Crippen LogP contribution in [0.2, 0.25) is 0 Å². The van der Waals surface area contributed by atoms with Gasteiger partial charge in [-0.1, -0.05) is 225 Å². The van der Waals surface area contributed by atoms with Gasteiger partial charge in [0.15, 0.2) is 0 Å². The van der Waals surface area contributed by atoms with E-state index < -0.39 is 0 Å². The molecule has 0 saturated carbocycles. The van der Waals surface area contributed by atoms with Crippen LogP contribution in [0.4, 0.5) is 0 Å². The maximum Gasteiger partial charge on any atom is 0.147 e. The fraction of sp³-hybridized carbons (Fsp3) is 0.473. The minimum Gasteiger partial charge on any atom is -0.505 e. The van der Waals surface area contributed by atoms with E-state index in [-0.39, 0.29) is 67.0 Å². The third-order valence-corrected chi connectivity index (χ3v) is 21.3. The molecule has 4 heterocycles. The number of hydrogen-bond donors (Lipinski definition) is 2. The molecular weight excluding hydrogens is 1220 g/mol. The second-order valence-corrected chi connectivity index (χ2v) is 37.5. The van der Waals surface area contributed by atoms with Gasteiger partial charge in [-0.3, -0.25) is 0 Å². The van der Waals surface area contributed by atoms with Gasteiger partial charge in [0.25, 0.3) is 0 Å². The zero-order chi connectivity index (χ0) is 71.8. The van der Waals surface area contributed by atoms with Crippen molar-refractivity contribution in [1.82, 2.24) is 9.13 Å². The Morgan fingerprint density at radius 1 is 0.374 bits per heavy atom. The monoisotopic (exact) mass is 1330 g/mol. The Hall–Kier alpha value is -7.52. The molecule has 0 bridgehead atoms. The van der Waals surface area contributed by atoms with Gasteiger partial charge >= 0.3 is 0 Å². The Labute approximate surface area is 592 Å². The topological polar surface area (TPSA) is 87.2 Å². The predicted octanol–water partition coefficient (Wildman–Crippen LogP) is 24.0. The molecule has 2 aliphatic heterocycles. The van der Waals surface area contributed by atoms with Crippen LogP contribution < -0.4 is 9.47 Å². The SMILES string of the molecule is CC1Cc2ccc(-c3cc(C(C)(C)CC(C)(C)C)cc(-n4c5cc(C(C)(C)C)ccc5c5ccc(C(C)(C)C)cc54)c3O)c(OCCCOc3c(-c4cc(C(C)(C)CC(C)(C)C)cc(-n5c6cc(C(C)(C)C)ccc6c6ccc(C(C)(C)C)cc65)c4O)ccc4c3COC(C)C4)c2CO1. The minimum absolute atomic E-state index is 0.0105. The first-order valence-electron chi connectivity index (χ1n) is 36.7. The van der Waals surface area contributed by atoms with Gasteiger partial charge < -0.3 is 38.3 Å². The van der Waals surface area contributed by atoms with Crippen molar-refractivity contribution in [2.24, 2.45) is 10.8 Å². The van der Waals surface area contributed by atoms with E-state index in [0.717, 1.165) is 137 Å². The lowest BCUT2D eigenvalue weighted by molar-refractivity contribution is 0.0389. The third-order valence-electron chi connectivity index (χ3n) is 21.3. The lowest BCUT2D eigenvalue weighted by atomic mass is 9.71. The molecule has 2 unspecified atom stereocenters. The Morgan fingerprint density at radius 2 is 0.677 bits per heavy atom. The van der Waals surface area contributed by atoms with Crippen molar-refractivity contribution in [3.8, 4) is 56.6 Å². The van der Waals surface area contributed by atoms with Crippen LogP contribution in [0.5, 0.6) is 23.0 Å². The van der Waals surface area contributed by atoms with Gasteiger partial charge in [0.2, 0.25) is 0 Å². The first kappa shape index (κ1) is 71.3. The summed E-state index contributed by atoms with van der Waals surface area (Å²) in [5.74, 6) is 1.84. The summed E-state index contributed by atoms with van der Waals surface area (Å²) in [6.07, 6.45) is 3.94. The zero-order valence-corrected chi connectivity index (χ0v) is 64.5. The van der Waals surface area contributed by atoms with Gasteiger partial charge in [-0.25, -0.2) is 0 Å². The van der Waals surface area contributed by atoms with Crippen molar-refractivity contribution < 1.29 is 29.2 Å². The fourth-order valence-electron chi connectivity index (χ4n) is 16.4. The van der Waals surface area contributed by atoms with Crippen LogP contribution in [0.1, 0.15) is 241 Å². The molecule has 0 fully saturated rings. The van der Waals surface area contributed by atoms with Crippen LogP contribution in [0.25, 0.3) is 77.2 Å². The van der Waals surface area contributed by atoms with Crippen molar-refractivity contribution in [3.05, 3.63) is 177 Å². The van der Waals surface area contributed by atoms with E-state index in [1.54, 1.807) is 0 Å². The van der Waals surface area contributed by atoms with E-state index >= 15 is 0 Å². The van der Waals surface area contributed by atoms with Crippen LogP contribution in [0.3, 0.4) is 0 Å². The summed E-state index contributed by atoms with van der Waals surface area (Å²) in [5, 5.41) is 31.7. The highest BCUT2D eigenvalue weighted by atomic mass is 16.5. The maximum absolute atomic E-state index is 13.6. The van der Waals surface area contributed by atoms with E-state index in [0.29, 0.717) is 32.8 Å². The average molecular weight is 1330 g/mol. The Balaban J connectivity index is 0.987. The molecule has 8 aromatic carbocycles. The number of ether oxygens (including phenoxy) is 4. The molecule has 10 aromatic rings. The number of phenols is 2. The van der Waals surface area contributed by atoms with E-state index in [4.69, 9.17) is 18.9 Å². The molecule has 0 aliphatic carbocycles. The van der Waals surface area contributed by atoms with Crippen LogP contribution in [0, 0.1) is 10.8 Å². The largest absolute Gasteiger partial charge is 0.505 e. The molecule has 0 radical (unpaired) electrons. The number of nitrogens with zero attached hydrogens (tertiary/aromatic N) is 2. The number of aromatic hydroxyl groups is 2. The molecule has 524 valence electrons. The number of hydrogen-bond acceptors (Lipinski definition) is 6. The van der Waals surface area contributed by atoms with Crippen molar-refractivity contribution in [2.45, 2.75) is 256 Å². The van der Waals surface area contributed by atoms with Crippen molar-refractivity contribution in [1.29, 1.82) is 0 Å². The molecule has 2 N–H and O–H groups in total. The van der Waals surface area contributed by atoms with Gasteiger partial charge in [-0.05, 0) is 176 Å². The third kappa shape index (κ3) is 14.1. The van der Waals surface area contributed by atoms with Crippen molar-refractivity contribution in [2.75, 3.05) is 13.2 Å². The molecular formula is C91H114N2O6. The van der Waals surface area contributed by atoms with Crippen LogP contribution >= 0.6 is 0 Å². The highest BCUT2D eigenvalue weighted by molar-refractivity contribution is 6.11. The van der Waals surface area contributed by atoms with Crippen LogP contribution in [-0.4, -0.2) is 44.8 Å². The number of benzene rings is 8. The quantitative estimate of drug-likeness (QED) is 0.106. The van der Waals surface area contributed by atoms with Gasteiger partial charge in [-0.2, -0.15) is 0 Å². The summed E-state index contributed by atoms with van der Waals surface area (Å²) >= 11 is 0. The van der Waals surface area contributed by atoms with Gasteiger partial charge in [-0.15, -0.1) is 0 Å². The number of fused-ring (bicyclic) bond motifs is 8. The number of phenolic OH excluding ortho intramolecular Hbond substituents is 2. The lowest BCUT2D eigenvalue weighted by Gasteiger charge is -2.34. The van der Waals surface area contributed by atoms with E-state index in [2.05, 4.69) is 297 Å². The van der Waals surface area contributed by atoms with Gasteiger partial charge in [0, 0.05) is 61.3 Å². The molecule has 8 heteroatoms. The number of rotatable bonds is 14. The lowest BCUT2D eigenvalue weighted by Crippen LogP contribution is -2.25. The summed E-state index contributed by atoms with van der Waals surface area (Å²) in [6, 6.07) is 45.4. The van der Waals surface area contributed by atoms with Crippen molar-refractivity contribution >= 4 is 43.6 Å². The van der Waals surface area contributed by atoms with E-state index in [1.807, 2.05) is 0 Å². The molecule has 0 amide bonds. The Morgan fingerprint density at radius 3 is 0.960 bits per heavy atom. The molecule has 8 nitrogen and oxygen atoms in total. The van der Waals surface area contributed by atoms with Gasteiger partial charge in [0.1, 0.15) is 23.0 Å². The highest BCUT2D eigenvalue weighted by Crippen LogP contribution is 2.52. The van der Waals surface area contributed by atoms with Gasteiger partial charge in [0.05, 0.1) is 72.1 Å². The first-order valence-corrected chi connectivity index (χ1v) is 36.7. The summed E-state index contributed by atoms with van der Waals surface area (Å²) in [6.45, 7) is 56.2. The number of aromatic nitrogens is 2. The van der Waals surface area contributed by atoms with E-state index in [9.17, 15) is 10.2 Å². The minimum atomic E-state index is -0.301. The Bertz CT molecular complexity index is 4330. The van der Waals surface area contributed by atoms with Crippen molar-refractivity contribution in [3.63, 3.8) is 0 Å². The molecule has 0 saturated heterocycles. The molecule has 12 rings (SSSR count). The molecule has 99 heavy (non-hydrogen) atoms. The molecule has 2 atom stereocenters. The second kappa shape index (κ2) is 25.2. The standard InChI is InChI=1S/C91H114N2O6/c1-54-40-56-26-32-68(70-42-62(90(21,22)52-84(3,4)5)48-78(80(70)94)92-74-44-58(86(9,10)11)28-34-64(74)65-35-29-59(45-75(65)92)87(12,13)14)82(72(56)50-98-54)96-38-25-39-97-83-69(33-27-57-41-55(2)99-51-73(57)83)71-43-63(91(23,24)53-85(6,7)8)49-79(81(71)95)93-76-46-60(88(15,16)17)30-36-66(76)67-37-31-61(47-77(67)93)89(18,19)20/h26-37,42-49,54-55,94-95H,25,38-41,50-53H2,1-24H3. The molecule has 0 spiro atoms. The summed E-state index contributed by atoms with van der Waals surface area (Å²) < 4.78 is 32.3. The smallest absolute Gasteiger partial charge is 0.147 e. The summed E-state index contributed by atoms with van der Waals surface area (Å²) in [4.78, 5) is 0. The van der Waals surface area contributed by atoms with Crippen LogP contribution in [0.15, 0.2) is 121 Å². The molecule has 2 aliphatic rings. The first-order chi connectivity index (χ1) is 46.0. The zero-order valence-electron chi connectivity index (χ0n) is 64.5. The summed E-state index contributed by atoms with van der Waals surface area (Å²) in [5.41, 5.74) is 19.3. The predicted molar refractivity (Wildman–Crippen MR) is 416 cm³/mol. The summed E-state index contributed by atoms with van der Waals surface area (Å²) in [7, 11) is 0. The Kier molecular flexibility index (Phi) is 18.2. The average Bonchev–Trinajstić information content (AvgIpc) is 1.61. The molecule has 2 aromatic heterocycles. The highest BCUT2D eigenvalue weighted by Gasteiger charge is 2.36. The fourth-order valence-corrected chi connectivity index (χ4v) is 16.4. The maximum atomic E-state index is 13.6. The van der Waals surface area contributed by atoms with Crippen LogP contribution in [-0.2, 0) is 68.0 Å². The second-order valence-electron chi connectivity index (χ2n) is 37.5.